The van der Waals surface area contributed by atoms with Crippen molar-refractivity contribution in [3.63, 3.8) is 0 Å². The van der Waals surface area contributed by atoms with Crippen molar-refractivity contribution in [2.75, 3.05) is 39.3 Å². The van der Waals surface area contributed by atoms with Crippen LogP contribution in [0.2, 0.25) is 0 Å². The number of likely N-dealkylation sites (N-methyl/N-ethyl adjacent to an activating group) is 1. The smallest absolute Gasteiger partial charge is 0.399 e. The van der Waals surface area contributed by atoms with E-state index in [0.29, 0.717) is 11.3 Å². The van der Waals surface area contributed by atoms with Gasteiger partial charge in [-0.2, -0.15) is 0 Å². The van der Waals surface area contributed by atoms with Crippen LogP contribution >= 0.6 is 0 Å². The molecule has 0 unspecified atom stereocenters. The number of carbonyl (C=O) groups excluding carboxylic acids is 2. The van der Waals surface area contributed by atoms with E-state index >= 15 is 0 Å². The van der Waals surface area contributed by atoms with Crippen molar-refractivity contribution in [1.82, 2.24) is 4.90 Å². The molecule has 36 heavy (non-hydrogen) atoms. The average molecular weight is 494 g/mol. The zero-order chi connectivity index (χ0) is 26.4. The molecule has 0 saturated carbocycles. The lowest BCUT2D eigenvalue weighted by Gasteiger charge is -2.32. The molecular formula is C27H35BN2O6. The van der Waals surface area contributed by atoms with Crippen LogP contribution in [0.1, 0.15) is 43.6 Å². The van der Waals surface area contributed by atoms with Gasteiger partial charge in [-0.05, 0) is 68.9 Å². The van der Waals surface area contributed by atoms with Crippen molar-refractivity contribution in [1.29, 1.82) is 0 Å². The number of nitrogens with zero attached hydrogens (tertiary/aromatic N) is 2. The lowest BCUT2D eigenvalue weighted by Crippen LogP contribution is -2.42. The molecule has 0 bridgehead atoms. The van der Waals surface area contributed by atoms with Crippen molar-refractivity contribution in [2.45, 2.75) is 52.1 Å². The van der Waals surface area contributed by atoms with Crippen LogP contribution in [0, 0.1) is 6.92 Å². The van der Waals surface area contributed by atoms with Gasteiger partial charge in [-0.25, -0.2) is 0 Å². The molecule has 2 amide bonds. The van der Waals surface area contributed by atoms with Crippen LogP contribution in [0.4, 0.5) is 5.69 Å². The quantitative estimate of drug-likeness (QED) is 0.454. The number of rotatable bonds is 6. The number of fused-ring (bicyclic) bond motifs is 1. The summed E-state index contributed by atoms with van der Waals surface area (Å²) in [5.41, 5.74) is 3.90. The Balaban J connectivity index is 1.76. The summed E-state index contributed by atoms with van der Waals surface area (Å²) in [6, 6.07) is 11.6. The highest BCUT2D eigenvalue weighted by molar-refractivity contribution is 6.62. The Labute approximate surface area is 213 Å². The number of ether oxygens (including phenoxy) is 2. The monoisotopic (exact) mass is 494 g/mol. The zero-order valence-electron chi connectivity index (χ0n) is 22.4. The fraction of sp³-hybridized carbons (Fsp3) is 0.481. The first-order valence-electron chi connectivity index (χ1n) is 12.1. The van der Waals surface area contributed by atoms with Gasteiger partial charge in [0.1, 0.15) is 6.54 Å². The number of methoxy groups -OCH3 is 2. The van der Waals surface area contributed by atoms with Gasteiger partial charge < -0.3 is 28.6 Å². The second kappa shape index (κ2) is 9.63. The Kier molecular flexibility index (Phi) is 7.05. The van der Waals surface area contributed by atoms with Crippen LogP contribution < -0.4 is 10.4 Å². The molecule has 192 valence electrons. The number of anilines is 1. The first-order chi connectivity index (χ1) is 16.9. The van der Waals surface area contributed by atoms with Gasteiger partial charge in [0.25, 0.3) is 5.91 Å². The van der Waals surface area contributed by atoms with E-state index in [9.17, 15) is 9.59 Å². The molecule has 0 spiro atoms. The van der Waals surface area contributed by atoms with Crippen molar-refractivity contribution >= 4 is 30.1 Å². The molecule has 9 heteroatoms. The maximum Gasteiger partial charge on any atom is 0.495 e. The molecule has 0 aromatic heterocycles. The number of amides is 2. The van der Waals surface area contributed by atoms with Gasteiger partial charge in [0.05, 0.1) is 29.0 Å². The third-order valence-corrected chi connectivity index (χ3v) is 7.59. The van der Waals surface area contributed by atoms with Crippen LogP contribution in [0.3, 0.4) is 0 Å². The van der Waals surface area contributed by atoms with Gasteiger partial charge in [0.2, 0.25) is 5.91 Å². The van der Waals surface area contributed by atoms with E-state index in [1.807, 2.05) is 71.0 Å². The zero-order valence-corrected chi connectivity index (χ0v) is 22.4. The summed E-state index contributed by atoms with van der Waals surface area (Å²) in [5, 5.41) is 0. The molecule has 8 nitrogen and oxygen atoms in total. The van der Waals surface area contributed by atoms with E-state index in [1.54, 1.807) is 11.9 Å². The molecule has 0 atom stereocenters. The van der Waals surface area contributed by atoms with Crippen molar-refractivity contribution in [2.24, 2.45) is 0 Å². The standard InChI is InChI=1S/C27H35BN2O6/c1-17-19(10-9-11-21(17)28-35-26(2,3)27(4,5)36-28)18-12-13-22-20(14-18)25(32)29(6)15-23(31)30(22)16-24(33-7)34-8/h9-14,24H,15-16H2,1-8H3. The lowest BCUT2D eigenvalue weighted by molar-refractivity contribution is -0.123. The third-order valence-electron chi connectivity index (χ3n) is 7.59. The molecule has 0 aliphatic carbocycles. The first-order valence-corrected chi connectivity index (χ1v) is 12.1. The first kappa shape index (κ1) is 26.4. The largest absolute Gasteiger partial charge is 0.495 e. The Hall–Kier alpha value is -2.72. The molecule has 4 rings (SSSR count). The summed E-state index contributed by atoms with van der Waals surface area (Å²) in [6.07, 6.45) is -0.612. The van der Waals surface area contributed by atoms with Gasteiger partial charge in [0, 0.05) is 21.3 Å². The Morgan fingerprint density at radius 1 is 1.00 bits per heavy atom. The molecule has 2 aliphatic heterocycles. The lowest BCUT2D eigenvalue weighted by atomic mass is 9.74. The molecule has 2 heterocycles. The Morgan fingerprint density at radius 3 is 2.25 bits per heavy atom. The molecular weight excluding hydrogens is 459 g/mol. The topological polar surface area (TPSA) is 77.5 Å². The normalized spacial score (nSPS) is 19.2. The van der Waals surface area contributed by atoms with Gasteiger partial charge in [-0.15, -0.1) is 0 Å². The van der Waals surface area contributed by atoms with Crippen LogP contribution in [0.5, 0.6) is 0 Å². The Morgan fingerprint density at radius 2 is 1.64 bits per heavy atom. The van der Waals surface area contributed by atoms with Crippen LogP contribution in [0.15, 0.2) is 36.4 Å². The Bertz CT molecular complexity index is 1160. The van der Waals surface area contributed by atoms with Gasteiger partial charge in [0.15, 0.2) is 6.29 Å². The molecule has 1 saturated heterocycles. The number of benzene rings is 2. The van der Waals surface area contributed by atoms with Gasteiger partial charge in [-0.1, -0.05) is 24.3 Å². The van der Waals surface area contributed by atoms with Crippen molar-refractivity contribution < 1.29 is 28.4 Å². The minimum absolute atomic E-state index is 0.0283. The second-order valence-electron chi connectivity index (χ2n) is 10.4. The van der Waals surface area contributed by atoms with E-state index in [0.717, 1.165) is 22.2 Å². The summed E-state index contributed by atoms with van der Waals surface area (Å²) in [5.74, 6) is -0.413. The second-order valence-corrected chi connectivity index (χ2v) is 10.4. The minimum atomic E-state index is -0.612. The highest BCUT2D eigenvalue weighted by atomic mass is 16.7. The third kappa shape index (κ3) is 4.56. The van der Waals surface area contributed by atoms with Gasteiger partial charge in [-0.3, -0.25) is 9.59 Å². The highest BCUT2D eigenvalue weighted by Crippen LogP contribution is 2.38. The molecule has 2 aliphatic rings. The number of carbonyl (C=O) groups is 2. The van der Waals surface area contributed by atoms with E-state index in [-0.39, 0.29) is 24.9 Å². The number of hydrogen-bond donors (Lipinski definition) is 0. The maximum absolute atomic E-state index is 13.3. The summed E-state index contributed by atoms with van der Waals surface area (Å²) in [4.78, 5) is 29.3. The van der Waals surface area contributed by atoms with E-state index in [1.165, 1.54) is 19.1 Å². The SMILES string of the molecule is COC(CN1C(=O)CN(C)C(=O)c2cc(-c3cccc(B4OC(C)(C)C(C)(C)O4)c3C)ccc21)OC. The summed E-state index contributed by atoms with van der Waals surface area (Å²) in [6.45, 7) is 10.3. The highest BCUT2D eigenvalue weighted by Gasteiger charge is 2.52. The summed E-state index contributed by atoms with van der Waals surface area (Å²) >= 11 is 0. The van der Waals surface area contributed by atoms with E-state index < -0.39 is 24.6 Å². The van der Waals surface area contributed by atoms with Crippen molar-refractivity contribution in [3.05, 3.63) is 47.5 Å². The molecule has 1 fully saturated rings. The van der Waals surface area contributed by atoms with Crippen LogP contribution in [-0.2, 0) is 23.6 Å². The predicted molar refractivity (Wildman–Crippen MR) is 139 cm³/mol. The maximum atomic E-state index is 13.3. The van der Waals surface area contributed by atoms with Crippen LogP contribution in [-0.4, -0.2) is 75.7 Å². The summed E-state index contributed by atoms with van der Waals surface area (Å²) < 4.78 is 23.2. The fourth-order valence-corrected chi connectivity index (χ4v) is 4.60. The van der Waals surface area contributed by atoms with E-state index in [2.05, 4.69) is 0 Å². The van der Waals surface area contributed by atoms with Crippen molar-refractivity contribution in [3.8, 4) is 11.1 Å². The van der Waals surface area contributed by atoms with Crippen LogP contribution in [0.25, 0.3) is 11.1 Å². The van der Waals surface area contributed by atoms with E-state index in [4.69, 9.17) is 18.8 Å². The average Bonchev–Trinajstić information content (AvgIpc) is 3.00. The number of hydrogen-bond acceptors (Lipinski definition) is 6. The fourth-order valence-electron chi connectivity index (χ4n) is 4.60. The minimum Gasteiger partial charge on any atom is -0.399 e. The summed E-state index contributed by atoms with van der Waals surface area (Å²) in [7, 11) is 4.19. The molecule has 0 radical (unpaired) electrons. The van der Waals surface area contributed by atoms with Gasteiger partial charge >= 0.3 is 7.12 Å². The molecule has 0 N–H and O–H groups in total. The predicted octanol–water partition coefficient (Wildman–Crippen LogP) is 3.00. The molecule has 2 aromatic carbocycles. The molecule has 2 aromatic rings.